The van der Waals surface area contributed by atoms with Crippen molar-refractivity contribution in [2.45, 2.75) is 40.2 Å². The second kappa shape index (κ2) is 7.21. The second-order valence-electron chi connectivity index (χ2n) is 7.69. The first-order valence-electron chi connectivity index (χ1n) is 9.21. The van der Waals surface area contributed by atoms with Crippen LogP contribution in [0.25, 0.3) is 5.69 Å². The molecule has 2 aromatic rings. The van der Waals surface area contributed by atoms with E-state index in [0.29, 0.717) is 6.54 Å². The van der Waals surface area contributed by atoms with Gasteiger partial charge >= 0.3 is 0 Å². The van der Waals surface area contributed by atoms with E-state index in [1.165, 1.54) is 0 Å². The smallest absolute Gasteiger partial charge is 0.241 e. The van der Waals surface area contributed by atoms with Gasteiger partial charge in [0.05, 0.1) is 28.8 Å². The predicted molar refractivity (Wildman–Crippen MR) is 104 cm³/mol. The number of amides is 1. The molecule has 1 amide bonds. The van der Waals surface area contributed by atoms with E-state index in [-0.39, 0.29) is 17.4 Å². The van der Waals surface area contributed by atoms with Gasteiger partial charge in [0.25, 0.3) is 0 Å². The molecule has 1 aliphatic rings. The van der Waals surface area contributed by atoms with Gasteiger partial charge in [0.1, 0.15) is 0 Å². The van der Waals surface area contributed by atoms with E-state index in [1.54, 1.807) is 0 Å². The predicted octanol–water partition coefficient (Wildman–Crippen LogP) is 2.49. The van der Waals surface area contributed by atoms with Crippen molar-refractivity contribution in [2.24, 2.45) is 11.1 Å². The highest BCUT2D eigenvalue weighted by Crippen LogP contribution is 2.30. The van der Waals surface area contributed by atoms with Crippen LogP contribution in [-0.4, -0.2) is 46.3 Å². The molecular weight excluding hydrogens is 326 g/mol. The Labute approximate surface area is 155 Å². The Balaban J connectivity index is 1.75. The van der Waals surface area contributed by atoms with Crippen LogP contribution in [0.15, 0.2) is 30.3 Å². The van der Waals surface area contributed by atoms with Gasteiger partial charge in [-0.15, -0.1) is 0 Å². The molecule has 2 heterocycles. The van der Waals surface area contributed by atoms with Crippen LogP contribution in [0.1, 0.15) is 31.7 Å². The Kier molecular flexibility index (Phi) is 5.16. The third-order valence-electron chi connectivity index (χ3n) is 5.55. The van der Waals surface area contributed by atoms with E-state index in [4.69, 9.17) is 5.73 Å². The number of aryl methyl sites for hydroxylation is 1. The maximum atomic E-state index is 12.8. The zero-order valence-corrected chi connectivity index (χ0v) is 16.1. The minimum absolute atomic E-state index is 0.00471. The topological polar surface area (TPSA) is 76.2 Å². The molecule has 1 aliphatic heterocycles. The lowest BCUT2D eigenvalue weighted by Crippen LogP contribution is -2.42. The average Bonchev–Trinajstić information content (AvgIpc) is 3.17. The van der Waals surface area contributed by atoms with E-state index in [2.05, 4.69) is 22.2 Å². The number of hydrogen-bond donors (Lipinski definition) is 2. The fourth-order valence-electron chi connectivity index (χ4n) is 3.60. The lowest BCUT2D eigenvalue weighted by molar-refractivity contribution is -0.120. The first-order chi connectivity index (χ1) is 12.3. The summed E-state index contributed by atoms with van der Waals surface area (Å²) in [5.74, 6) is 0.00471. The van der Waals surface area contributed by atoms with Crippen LogP contribution in [0.3, 0.4) is 0 Å². The molecule has 1 aromatic carbocycles. The number of likely N-dealkylation sites (tertiary alicyclic amines) is 1. The van der Waals surface area contributed by atoms with Crippen molar-refractivity contribution >= 4 is 11.6 Å². The summed E-state index contributed by atoms with van der Waals surface area (Å²) in [4.78, 5) is 15.0. The van der Waals surface area contributed by atoms with Gasteiger partial charge in [0, 0.05) is 6.54 Å². The van der Waals surface area contributed by atoms with Crippen molar-refractivity contribution < 1.29 is 4.79 Å². The third-order valence-corrected chi connectivity index (χ3v) is 5.55. The fourth-order valence-corrected chi connectivity index (χ4v) is 3.60. The van der Waals surface area contributed by atoms with Gasteiger partial charge < -0.3 is 11.1 Å². The van der Waals surface area contributed by atoms with Crippen molar-refractivity contribution in [2.75, 3.05) is 25.0 Å². The second-order valence-corrected chi connectivity index (χ2v) is 7.69. The lowest BCUT2D eigenvalue weighted by Gasteiger charge is -2.26. The van der Waals surface area contributed by atoms with Gasteiger partial charge in [-0.2, -0.15) is 5.10 Å². The van der Waals surface area contributed by atoms with Crippen LogP contribution >= 0.6 is 0 Å². The van der Waals surface area contributed by atoms with Crippen molar-refractivity contribution in [3.05, 3.63) is 41.7 Å². The molecule has 2 unspecified atom stereocenters. The Morgan fingerprint density at radius 1 is 1.35 bits per heavy atom. The van der Waals surface area contributed by atoms with Crippen molar-refractivity contribution in [3.8, 4) is 5.69 Å². The monoisotopic (exact) mass is 355 g/mol. The van der Waals surface area contributed by atoms with E-state index >= 15 is 0 Å². The molecule has 0 bridgehead atoms. The molecule has 0 spiro atoms. The molecule has 1 saturated heterocycles. The van der Waals surface area contributed by atoms with Gasteiger partial charge in [-0.05, 0) is 57.8 Å². The zero-order chi connectivity index (χ0) is 18.9. The number of nitrogens with zero attached hydrogens (tertiary/aromatic N) is 3. The van der Waals surface area contributed by atoms with E-state index in [0.717, 1.165) is 42.3 Å². The number of anilines is 1. The van der Waals surface area contributed by atoms with Crippen molar-refractivity contribution in [1.82, 2.24) is 14.7 Å². The summed E-state index contributed by atoms with van der Waals surface area (Å²) >= 11 is 0. The molecule has 0 saturated carbocycles. The third kappa shape index (κ3) is 3.52. The van der Waals surface area contributed by atoms with Crippen molar-refractivity contribution in [3.63, 3.8) is 0 Å². The summed E-state index contributed by atoms with van der Waals surface area (Å²) in [7, 11) is 0. The summed E-state index contributed by atoms with van der Waals surface area (Å²) in [5, 5.41) is 7.69. The van der Waals surface area contributed by atoms with Crippen LogP contribution in [0.5, 0.6) is 0 Å². The Bertz CT molecular complexity index is 785. The molecule has 1 aromatic heterocycles. The lowest BCUT2D eigenvalue weighted by atomic mass is 9.90. The fraction of sp³-hybridized carbons (Fsp3) is 0.500. The number of hydrogen-bond acceptors (Lipinski definition) is 4. The Hall–Kier alpha value is -2.18. The molecule has 3 N–H and O–H groups in total. The number of benzene rings is 1. The number of aromatic nitrogens is 2. The van der Waals surface area contributed by atoms with Crippen LogP contribution in [0.2, 0.25) is 0 Å². The van der Waals surface area contributed by atoms with Gasteiger partial charge in [0.2, 0.25) is 5.91 Å². The van der Waals surface area contributed by atoms with E-state index in [1.807, 2.05) is 55.8 Å². The number of nitrogens with one attached hydrogen (secondary N) is 1. The highest BCUT2D eigenvalue weighted by Gasteiger charge is 2.36. The SMILES string of the molecule is Cc1nn(-c2ccccc2)c(C)c1NC(=O)C(C)N1CCC(C)(CN)C1. The van der Waals surface area contributed by atoms with Crippen LogP contribution in [0.4, 0.5) is 5.69 Å². The highest BCUT2D eigenvalue weighted by atomic mass is 16.2. The average molecular weight is 355 g/mol. The van der Waals surface area contributed by atoms with Crippen molar-refractivity contribution in [1.29, 1.82) is 0 Å². The number of carbonyl (C=O) groups is 1. The minimum Gasteiger partial charge on any atom is -0.330 e. The maximum Gasteiger partial charge on any atom is 0.241 e. The molecule has 2 atom stereocenters. The summed E-state index contributed by atoms with van der Waals surface area (Å²) in [6.45, 7) is 10.5. The minimum atomic E-state index is -0.192. The maximum absolute atomic E-state index is 12.8. The standard InChI is InChI=1S/C20H29N5O/c1-14-18(15(2)25(23-14)17-8-6-5-7-9-17)22-19(26)16(3)24-11-10-20(4,12-21)13-24/h5-9,16H,10-13,21H2,1-4H3,(H,22,26). The Morgan fingerprint density at radius 3 is 2.65 bits per heavy atom. The molecule has 26 heavy (non-hydrogen) atoms. The first kappa shape index (κ1) is 18.6. The summed E-state index contributed by atoms with van der Waals surface area (Å²) in [6.07, 6.45) is 1.03. The van der Waals surface area contributed by atoms with E-state index in [9.17, 15) is 4.79 Å². The molecular formula is C20H29N5O. The quantitative estimate of drug-likeness (QED) is 0.864. The number of nitrogens with two attached hydrogens (primary N) is 1. The molecule has 0 radical (unpaired) electrons. The van der Waals surface area contributed by atoms with Gasteiger partial charge in [-0.1, -0.05) is 25.1 Å². The van der Waals surface area contributed by atoms with Gasteiger partial charge in [-0.25, -0.2) is 4.68 Å². The zero-order valence-electron chi connectivity index (χ0n) is 16.1. The first-order valence-corrected chi connectivity index (χ1v) is 9.21. The molecule has 6 heteroatoms. The molecule has 1 fully saturated rings. The highest BCUT2D eigenvalue weighted by molar-refractivity contribution is 5.95. The molecule has 140 valence electrons. The van der Waals surface area contributed by atoms with Crippen LogP contribution in [-0.2, 0) is 4.79 Å². The number of rotatable bonds is 5. The molecule has 3 rings (SSSR count). The summed E-state index contributed by atoms with van der Waals surface area (Å²) < 4.78 is 1.87. The van der Waals surface area contributed by atoms with Crippen LogP contribution < -0.4 is 11.1 Å². The Morgan fingerprint density at radius 2 is 2.04 bits per heavy atom. The number of para-hydroxylation sites is 1. The van der Waals surface area contributed by atoms with Gasteiger partial charge in [0.15, 0.2) is 0 Å². The molecule has 0 aliphatic carbocycles. The number of carbonyl (C=O) groups excluding carboxylic acids is 1. The normalized spacial score (nSPS) is 21.7. The summed E-state index contributed by atoms with van der Waals surface area (Å²) in [5.41, 5.74) is 9.54. The summed E-state index contributed by atoms with van der Waals surface area (Å²) in [6, 6.07) is 9.76. The van der Waals surface area contributed by atoms with Crippen LogP contribution in [0, 0.1) is 19.3 Å². The van der Waals surface area contributed by atoms with Gasteiger partial charge in [-0.3, -0.25) is 9.69 Å². The molecule has 6 nitrogen and oxygen atoms in total. The largest absolute Gasteiger partial charge is 0.330 e. The van der Waals surface area contributed by atoms with E-state index < -0.39 is 0 Å².